The first kappa shape index (κ1) is 23.1. The molecule has 0 atom stereocenters. The molecule has 164 valence electrons. The van der Waals surface area contributed by atoms with Gasteiger partial charge in [0.2, 0.25) is 5.88 Å². The van der Waals surface area contributed by atoms with E-state index in [0.29, 0.717) is 12.4 Å². The molecule has 4 rings (SSSR count). The minimum absolute atomic E-state index is 0. The number of pyridine rings is 1. The lowest BCUT2D eigenvalue weighted by Crippen LogP contribution is -2.37. The topological polar surface area (TPSA) is 76.4 Å². The van der Waals surface area contributed by atoms with Crippen LogP contribution in [-0.4, -0.2) is 40.9 Å². The minimum atomic E-state index is 0. The monoisotopic (exact) mass is 532 g/mol. The molecule has 1 fully saturated rings. The number of benzene rings is 1. The summed E-state index contributed by atoms with van der Waals surface area (Å²) in [5.41, 5.74) is 3.41. The Morgan fingerprint density at radius 3 is 2.58 bits per heavy atom. The minimum Gasteiger partial charge on any atom is -0.477 e. The molecular weight excluding hydrogens is 503 g/mol. The van der Waals surface area contributed by atoms with Crippen LogP contribution < -0.4 is 15.4 Å². The van der Waals surface area contributed by atoms with Crippen LogP contribution in [0.4, 0.5) is 0 Å². The molecule has 1 aliphatic carbocycles. The molecule has 0 aliphatic heterocycles. The fourth-order valence-corrected chi connectivity index (χ4v) is 3.06. The fraction of sp³-hybridized carbons (Fsp3) is 0.348. The zero-order valence-corrected chi connectivity index (χ0v) is 20.0. The van der Waals surface area contributed by atoms with Crippen molar-refractivity contribution in [2.45, 2.75) is 25.8 Å². The maximum absolute atomic E-state index is 5.68. The Morgan fingerprint density at radius 1 is 1.13 bits per heavy atom. The fourth-order valence-electron chi connectivity index (χ4n) is 3.06. The van der Waals surface area contributed by atoms with Crippen LogP contribution in [-0.2, 0) is 13.0 Å². The third-order valence-corrected chi connectivity index (χ3v) is 5.06. The maximum Gasteiger partial charge on any atom is 0.213 e. The highest BCUT2D eigenvalue weighted by Gasteiger charge is 2.22. The first-order valence-corrected chi connectivity index (χ1v) is 10.4. The van der Waals surface area contributed by atoms with Gasteiger partial charge in [0.25, 0.3) is 0 Å². The van der Waals surface area contributed by atoms with Gasteiger partial charge in [0.15, 0.2) is 5.96 Å². The van der Waals surface area contributed by atoms with Crippen LogP contribution >= 0.6 is 24.0 Å². The number of hydrogen-bond donors (Lipinski definition) is 2. The van der Waals surface area contributed by atoms with Crippen LogP contribution in [0.2, 0.25) is 0 Å². The van der Waals surface area contributed by atoms with Gasteiger partial charge in [-0.25, -0.2) is 9.67 Å². The van der Waals surface area contributed by atoms with Gasteiger partial charge < -0.3 is 15.4 Å². The first-order valence-electron chi connectivity index (χ1n) is 10.4. The summed E-state index contributed by atoms with van der Waals surface area (Å²) in [6.07, 6.45) is 9.05. The molecule has 0 saturated heterocycles. The molecule has 0 unspecified atom stereocenters. The Kier molecular flexibility index (Phi) is 8.69. The molecule has 0 amide bonds. The van der Waals surface area contributed by atoms with E-state index in [9.17, 15) is 0 Å². The van der Waals surface area contributed by atoms with Gasteiger partial charge in [-0.05, 0) is 54.5 Å². The Hall–Kier alpha value is -2.62. The van der Waals surface area contributed by atoms with Gasteiger partial charge in [-0.1, -0.05) is 18.2 Å². The molecule has 0 bridgehead atoms. The van der Waals surface area contributed by atoms with Crippen LogP contribution in [0.15, 0.2) is 66.0 Å². The van der Waals surface area contributed by atoms with Gasteiger partial charge in [-0.3, -0.25) is 4.99 Å². The first-order chi connectivity index (χ1) is 14.8. The number of halogens is 1. The van der Waals surface area contributed by atoms with Crippen molar-refractivity contribution in [2.24, 2.45) is 10.9 Å². The second-order valence-electron chi connectivity index (χ2n) is 7.48. The van der Waals surface area contributed by atoms with E-state index in [1.54, 1.807) is 13.2 Å². The van der Waals surface area contributed by atoms with Crippen LogP contribution in [0.1, 0.15) is 24.0 Å². The summed E-state index contributed by atoms with van der Waals surface area (Å²) in [5, 5.41) is 10.9. The molecule has 0 radical (unpaired) electrons. The molecule has 3 aromatic rings. The molecule has 0 spiro atoms. The van der Waals surface area contributed by atoms with Crippen molar-refractivity contribution in [1.29, 1.82) is 0 Å². The molecule has 1 aliphatic rings. The van der Waals surface area contributed by atoms with Gasteiger partial charge in [0.05, 0.1) is 12.3 Å². The summed E-state index contributed by atoms with van der Waals surface area (Å²) in [7, 11) is 1.78. The van der Waals surface area contributed by atoms with Crippen molar-refractivity contribution in [3.05, 3.63) is 72.2 Å². The Morgan fingerprint density at radius 2 is 1.94 bits per heavy atom. The van der Waals surface area contributed by atoms with E-state index < -0.39 is 0 Å². The number of nitrogens with one attached hydrogen (secondary N) is 2. The van der Waals surface area contributed by atoms with E-state index in [1.165, 1.54) is 18.4 Å². The van der Waals surface area contributed by atoms with Crippen LogP contribution in [0.5, 0.6) is 5.88 Å². The number of aliphatic imine (C=N–C) groups is 1. The zero-order chi connectivity index (χ0) is 20.6. The standard InChI is InChI=1S/C23H28N6O.HI/c1-24-23(27-16-20-7-10-22(26-15-20)30-17-19-3-4-19)25-13-11-18-5-8-21(9-6-18)29-14-2-12-28-29;/h2,5-10,12,14-15,19H,3-4,11,13,16-17H2,1H3,(H2,24,25,27);1H. The molecule has 7 nitrogen and oxygen atoms in total. The molecule has 2 heterocycles. The lowest BCUT2D eigenvalue weighted by molar-refractivity contribution is 0.288. The van der Waals surface area contributed by atoms with Crippen molar-refractivity contribution in [3.8, 4) is 11.6 Å². The number of guanidine groups is 1. The Labute approximate surface area is 200 Å². The lowest BCUT2D eigenvalue weighted by atomic mass is 10.1. The summed E-state index contributed by atoms with van der Waals surface area (Å²) < 4.78 is 7.54. The van der Waals surface area contributed by atoms with Crippen LogP contribution in [0, 0.1) is 5.92 Å². The van der Waals surface area contributed by atoms with E-state index in [4.69, 9.17) is 4.74 Å². The average molecular weight is 532 g/mol. The summed E-state index contributed by atoms with van der Waals surface area (Å²) in [4.78, 5) is 8.67. The summed E-state index contributed by atoms with van der Waals surface area (Å²) >= 11 is 0. The number of nitrogens with zero attached hydrogens (tertiary/aromatic N) is 4. The third-order valence-electron chi connectivity index (χ3n) is 5.06. The summed E-state index contributed by atoms with van der Waals surface area (Å²) in [5.74, 6) is 2.21. The molecule has 31 heavy (non-hydrogen) atoms. The number of ether oxygens (including phenoxy) is 1. The van der Waals surface area contributed by atoms with Crippen molar-refractivity contribution in [1.82, 2.24) is 25.4 Å². The van der Waals surface area contributed by atoms with Gasteiger partial charge in [0.1, 0.15) is 0 Å². The molecule has 1 aromatic carbocycles. The molecule has 8 heteroatoms. The van der Waals surface area contributed by atoms with E-state index in [-0.39, 0.29) is 24.0 Å². The zero-order valence-electron chi connectivity index (χ0n) is 17.7. The van der Waals surface area contributed by atoms with Gasteiger partial charge in [-0.2, -0.15) is 5.10 Å². The van der Waals surface area contributed by atoms with Crippen molar-refractivity contribution < 1.29 is 4.74 Å². The highest BCUT2D eigenvalue weighted by Crippen LogP contribution is 2.29. The van der Waals surface area contributed by atoms with Crippen LogP contribution in [0.3, 0.4) is 0 Å². The predicted molar refractivity (Wildman–Crippen MR) is 133 cm³/mol. The van der Waals surface area contributed by atoms with Gasteiger partial charge in [-0.15, -0.1) is 24.0 Å². The average Bonchev–Trinajstić information content (AvgIpc) is 3.46. The lowest BCUT2D eigenvalue weighted by Gasteiger charge is -2.12. The molecule has 2 N–H and O–H groups in total. The molecular formula is C23H29IN6O. The van der Waals surface area contributed by atoms with E-state index in [0.717, 1.165) is 42.7 Å². The largest absolute Gasteiger partial charge is 0.477 e. The second kappa shape index (κ2) is 11.7. The number of rotatable bonds is 9. The normalized spacial score (nSPS) is 13.4. The molecule has 2 aromatic heterocycles. The number of hydrogen-bond acceptors (Lipinski definition) is 4. The quantitative estimate of drug-likeness (QED) is 0.250. The maximum atomic E-state index is 5.68. The smallest absolute Gasteiger partial charge is 0.213 e. The van der Waals surface area contributed by atoms with E-state index in [1.807, 2.05) is 35.3 Å². The highest BCUT2D eigenvalue weighted by atomic mass is 127. The van der Waals surface area contributed by atoms with Crippen molar-refractivity contribution in [2.75, 3.05) is 20.2 Å². The Balaban J connectivity index is 0.00000272. The summed E-state index contributed by atoms with van der Waals surface area (Å²) in [6.45, 7) is 2.24. The van der Waals surface area contributed by atoms with Gasteiger partial charge in [0, 0.05) is 44.8 Å². The highest BCUT2D eigenvalue weighted by molar-refractivity contribution is 14.0. The van der Waals surface area contributed by atoms with Crippen molar-refractivity contribution >= 4 is 29.9 Å². The second-order valence-corrected chi connectivity index (χ2v) is 7.48. The van der Waals surface area contributed by atoms with E-state index in [2.05, 4.69) is 50.0 Å². The van der Waals surface area contributed by atoms with E-state index >= 15 is 0 Å². The predicted octanol–water partition coefficient (Wildman–Crippen LogP) is 3.58. The summed E-state index contributed by atoms with van der Waals surface area (Å²) in [6, 6.07) is 14.3. The SMILES string of the molecule is CN=C(NCCc1ccc(-n2cccn2)cc1)NCc1ccc(OCC2CC2)nc1.I. The van der Waals surface area contributed by atoms with Crippen molar-refractivity contribution in [3.63, 3.8) is 0 Å². The van der Waals surface area contributed by atoms with Crippen LogP contribution in [0.25, 0.3) is 5.69 Å². The van der Waals surface area contributed by atoms with Gasteiger partial charge >= 0.3 is 0 Å². The molecule has 1 saturated carbocycles. The third kappa shape index (κ3) is 7.23. The Bertz CT molecular complexity index is 937. The number of aromatic nitrogens is 3.